The largest absolute Gasteiger partial charge is 0.466 e. The SMILES string of the molecule is CCCCCCCC/C=C\CCCCCCCC(=O)OCCCCCCCCCCC(O)(CCCCCCCCCCOC(=O)CCCCCCC/C=C\CCCCCCCC)CCCCOC(=O)CCN(CCC)CCC. The lowest BCUT2D eigenvalue weighted by molar-refractivity contribution is -0.145. The smallest absolute Gasteiger partial charge is 0.307 e. The van der Waals surface area contributed by atoms with Crippen molar-refractivity contribution in [3.63, 3.8) is 0 Å². The molecule has 0 amide bonds. The summed E-state index contributed by atoms with van der Waals surface area (Å²) >= 11 is 0. The lowest BCUT2D eigenvalue weighted by atomic mass is 9.85. The van der Waals surface area contributed by atoms with Crippen LogP contribution in [0.15, 0.2) is 24.3 Å². The summed E-state index contributed by atoms with van der Waals surface area (Å²) in [6.07, 6.45) is 68.4. The first-order valence-electron chi connectivity index (χ1n) is 34.5. The Kier molecular flexibility index (Phi) is 60.7. The zero-order valence-corrected chi connectivity index (χ0v) is 52.7. The van der Waals surface area contributed by atoms with E-state index in [1.165, 1.54) is 193 Å². The standard InChI is InChI=1S/C70H133NO7/c1-5-9-11-13-15-17-19-21-23-25-27-29-35-41-47-55-67(72)76-64-52-45-39-33-31-37-43-49-58-70(75,60-51-54-66-78-69(74)57-63-71(61-7-3)62-8-4)59-50-44-38-32-34-40-46-53-65-77-68(73)56-48-42-36-30-28-26-24-22-20-18-16-14-12-10-6-2/h21-24,75H,5-20,25-66H2,1-4H3/b23-21-,24-22-. The molecule has 0 unspecified atom stereocenters. The van der Waals surface area contributed by atoms with E-state index in [4.69, 9.17) is 14.2 Å². The van der Waals surface area contributed by atoms with Gasteiger partial charge in [0.25, 0.3) is 0 Å². The lowest BCUT2D eigenvalue weighted by Crippen LogP contribution is -2.29. The van der Waals surface area contributed by atoms with Gasteiger partial charge < -0.3 is 24.2 Å². The Morgan fingerprint density at radius 2 is 0.564 bits per heavy atom. The van der Waals surface area contributed by atoms with Gasteiger partial charge in [-0.2, -0.15) is 0 Å². The Balaban J connectivity index is 4.20. The van der Waals surface area contributed by atoms with Gasteiger partial charge in [0.15, 0.2) is 0 Å². The number of rotatable bonds is 64. The molecule has 0 heterocycles. The van der Waals surface area contributed by atoms with Crippen molar-refractivity contribution in [2.45, 2.75) is 367 Å². The predicted molar refractivity (Wildman–Crippen MR) is 335 cm³/mol. The van der Waals surface area contributed by atoms with E-state index in [2.05, 4.69) is 56.9 Å². The molecule has 0 aromatic carbocycles. The number of nitrogens with zero attached hydrogens (tertiary/aromatic N) is 1. The molecule has 0 aliphatic carbocycles. The third-order valence-corrected chi connectivity index (χ3v) is 15.9. The van der Waals surface area contributed by atoms with E-state index in [-0.39, 0.29) is 17.9 Å². The first-order chi connectivity index (χ1) is 38.3. The molecule has 0 spiro atoms. The second kappa shape index (κ2) is 62.4. The minimum atomic E-state index is -0.645. The molecule has 0 saturated heterocycles. The van der Waals surface area contributed by atoms with Crippen LogP contribution in [0.25, 0.3) is 0 Å². The summed E-state index contributed by atoms with van der Waals surface area (Å²) in [6, 6.07) is 0. The summed E-state index contributed by atoms with van der Waals surface area (Å²) < 4.78 is 16.7. The van der Waals surface area contributed by atoms with Gasteiger partial charge in [-0.25, -0.2) is 0 Å². The van der Waals surface area contributed by atoms with Gasteiger partial charge in [0.05, 0.1) is 31.8 Å². The van der Waals surface area contributed by atoms with Gasteiger partial charge in [-0.05, 0) is 135 Å². The first-order valence-corrected chi connectivity index (χ1v) is 34.5. The molecule has 0 aliphatic rings. The van der Waals surface area contributed by atoms with E-state index in [1.807, 2.05) is 0 Å². The van der Waals surface area contributed by atoms with Crippen LogP contribution in [0.2, 0.25) is 0 Å². The van der Waals surface area contributed by atoms with Crippen LogP contribution < -0.4 is 0 Å². The molecule has 0 rings (SSSR count). The Bertz CT molecular complexity index is 1240. The summed E-state index contributed by atoms with van der Waals surface area (Å²) in [6.45, 7) is 13.3. The van der Waals surface area contributed by atoms with Gasteiger partial charge in [-0.1, -0.05) is 245 Å². The lowest BCUT2D eigenvalue weighted by Gasteiger charge is -2.29. The third kappa shape index (κ3) is 58.5. The Labute approximate surface area is 485 Å². The van der Waals surface area contributed by atoms with E-state index in [0.717, 1.165) is 142 Å². The van der Waals surface area contributed by atoms with Crippen LogP contribution in [0.4, 0.5) is 0 Å². The van der Waals surface area contributed by atoms with Crippen molar-refractivity contribution in [2.75, 3.05) is 39.5 Å². The molecule has 8 nitrogen and oxygen atoms in total. The number of unbranched alkanes of at least 4 members (excludes halogenated alkanes) is 37. The molecule has 0 aromatic rings. The summed E-state index contributed by atoms with van der Waals surface area (Å²) in [4.78, 5) is 39.3. The van der Waals surface area contributed by atoms with Gasteiger partial charge in [0, 0.05) is 19.4 Å². The second-order valence-corrected chi connectivity index (χ2v) is 23.8. The van der Waals surface area contributed by atoms with Crippen molar-refractivity contribution < 1.29 is 33.7 Å². The zero-order valence-electron chi connectivity index (χ0n) is 52.7. The van der Waals surface area contributed by atoms with Crippen LogP contribution in [-0.4, -0.2) is 73.0 Å². The zero-order chi connectivity index (χ0) is 56.8. The minimum Gasteiger partial charge on any atom is -0.466 e. The van der Waals surface area contributed by atoms with Crippen molar-refractivity contribution in [3.05, 3.63) is 24.3 Å². The molecule has 0 bridgehead atoms. The van der Waals surface area contributed by atoms with Crippen molar-refractivity contribution in [3.8, 4) is 0 Å². The van der Waals surface area contributed by atoms with Crippen LogP contribution >= 0.6 is 0 Å². The molecule has 460 valence electrons. The van der Waals surface area contributed by atoms with Crippen molar-refractivity contribution >= 4 is 17.9 Å². The highest BCUT2D eigenvalue weighted by Gasteiger charge is 2.25. The predicted octanol–water partition coefficient (Wildman–Crippen LogP) is 21.1. The van der Waals surface area contributed by atoms with E-state index in [0.29, 0.717) is 39.1 Å². The fourth-order valence-corrected chi connectivity index (χ4v) is 10.8. The maximum Gasteiger partial charge on any atom is 0.307 e. The minimum absolute atomic E-state index is 0.0267. The van der Waals surface area contributed by atoms with E-state index >= 15 is 0 Å². The van der Waals surface area contributed by atoms with Crippen LogP contribution in [-0.2, 0) is 28.6 Å². The molecule has 78 heavy (non-hydrogen) atoms. The third-order valence-electron chi connectivity index (χ3n) is 15.9. The van der Waals surface area contributed by atoms with Crippen molar-refractivity contribution in [1.82, 2.24) is 4.90 Å². The topological polar surface area (TPSA) is 102 Å². The van der Waals surface area contributed by atoms with Crippen LogP contribution in [0.1, 0.15) is 362 Å². The molecule has 0 aromatic heterocycles. The average Bonchev–Trinajstić information content (AvgIpc) is 3.43. The quantitative estimate of drug-likeness (QED) is 0.0278. The molecule has 1 N–H and O–H groups in total. The Morgan fingerprint density at radius 1 is 0.308 bits per heavy atom. The number of carbonyl (C=O) groups excluding carboxylic acids is 3. The Morgan fingerprint density at radius 3 is 0.897 bits per heavy atom. The monoisotopic (exact) mass is 1100 g/mol. The van der Waals surface area contributed by atoms with Crippen molar-refractivity contribution in [2.24, 2.45) is 0 Å². The van der Waals surface area contributed by atoms with E-state index < -0.39 is 5.60 Å². The highest BCUT2D eigenvalue weighted by Crippen LogP contribution is 2.29. The number of carbonyl (C=O) groups is 3. The summed E-state index contributed by atoms with van der Waals surface area (Å²) in [5.74, 6) is -0.157. The van der Waals surface area contributed by atoms with Crippen LogP contribution in [0, 0.1) is 0 Å². The van der Waals surface area contributed by atoms with Gasteiger partial charge in [-0.3, -0.25) is 14.4 Å². The maximum atomic E-state index is 12.5. The fraction of sp³-hybridized carbons (Fsp3) is 0.900. The summed E-state index contributed by atoms with van der Waals surface area (Å²) in [5, 5.41) is 11.9. The average molecular weight is 1100 g/mol. The molecule has 0 aliphatic heterocycles. The van der Waals surface area contributed by atoms with Gasteiger partial charge in [-0.15, -0.1) is 0 Å². The molecule has 0 saturated carbocycles. The first kappa shape index (κ1) is 75.8. The normalized spacial score (nSPS) is 12.0. The van der Waals surface area contributed by atoms with Crippen LogP contribution in [0.3, 0.4) is 0 Å². The summed E-state index contributed by atoms with van der Waals surface area (Å²) in [7, 11) is 0. The molecule has 0 atom stereocenters. The molecule has 0 radical (unpaired) electrons. The maximum absolute atomic E-state index is 12.5. The number of allylic oxidation sites excluding steroid dienone is 4. The van der Waals surface area contributed by atoms with Gasteiger partial charge in [0.2, 0.25) is 0 Å². The number of aliphatic hydroxyl groups is 1. The number of esters is 3. The van der Waals surface area contributed by atoms with Gasteiger partial charge >= 0.3 is 17.9 Å². The van der Waals surface area contributed by atoms with Gasteiger partial charge in [0.1, 0.15) is 0 Å². The van der Waals surface area contributed by atoms with E-state index in [1.54, 1.807) is 0 Å². The summed E-state index contributed by atoms with van der Waals surface area (Å²) in [5.41, 5.74) is -0.645. The number of ether oxygens (including phenoxy) is 3. The highest BCUT2D eigenvalue weighted by atomic mass is 16.5. The van der Waals surface area contributed by atoms with E-state index in [9.17, 15) is 19.5 Å². The molecule has 0 fully saturated rings. The highest BCUT2D eigenvalue weighted by molar-refractivity contribution is 5.70. The number of hydrogen-bond acceptors (Lipinski definition) is 8. The molecular formula is C70H133NO7. The van der Waals surface area contributed by atoms with Crippen LogP contribution in [0.5, 0.6) is 0 Å². The Hall–Kier alpha value is -2.19. The fourth-order valence-electron chi connectivity index (χ4n) is 10.8. The second-order valence-electron chi connectivity index (χ2n) is 23.8. The molecular weight excluding hydrogens is 967 g/mol. The molecule has 8 heteroatoms. The number of hydrogen-bond donors (Lipinski definition) is 1. The van der Waals surface area contributed by atoms with Crippen molar-refractivity contribution in [1.29, 1.82) is 0 Å².